The normalized spacial score (nSPS) is 10.6. The molecule has 0 saturated carbocycles. The number of hydrogen-bond donors (Lipinski definition) is 0. The van der Waals surface area contributed by atoms with E-state index in [1.807, 2.05) is 12.1 Å². The van der Waals surface area contributed by atoms with Gasteiger partial charge in [0.05, 0.1) is 7.11 Å². The SMILES string of the molecule is COc1[c]c(P(c2ccccc2)c2ccccc2)ccc1. The van der Waals surface area contributed by atoms with Crippen LogP contribution in [-0.2, 0) is 0 Å². The minimum absolute atomic E-state index is 0.603. The summed E-state index contributed by atoms with van der Waals surface area (Å²) in [5.74, 6) is 0.784. The summed E-state index contributed by atoms with van der Waals surface area (Å²) in [5.41, 5.74) is 0. The lowest BCUT2D eigenvalue weighted by molar-refractivity contribution is 0.414. The number of ether oxygens (including phenoxy) is 1. The second kappa shape index (κ2) is 6.56. The predicted molar refractivity (Wildman–Crippen MR) is 90.5 cm³/mol. The third-order valence-corrected chi connectivity index (χ3v) is 5.61. The van der Waals surface area contributed by atoms with Gasteiger partial charge in [-0.1, -0.05) is 72.8 Å². The molecule has 0 aliphatic heterocycles. The fraction of sp³-hybridized carbons (Fsp3) is 0.0526. The minimum Gasteiger partial charge on any atom is -0.496 e. The van der Waals surface area contributed by atoms with Crippen LogP contribution >= 0.6 is 7.92 Å². The molecule has 0 aromatic heterocycles. The van der Waals surface area contributed by atoms with Crippen LogP contribution in [0.15, 0.2) is 78.9 Å². The zero-order chi connectivity index (χ0) is 14.5. The maximum atomic E-state index is 5.33. The van der Waals surface area contributed by atoms with Crippen molar-refractivity contribution in [2.45, 2.75) is 0 Å². The third-order valence-electron chi connectivity index (χ3n) is 3.24. The maximum Gasteiger partial charge on any atom is 0.127 e. The van der Waals surface area contributed by atoms with Gasteiger partial charge in [-0.3, -0.25) is 0 Å². The molecule has 0 fully saturated rings. The van der Waals surface area contributed by atoms with Crippen molar-refractivity contribution in [3.05, 3.63) is 84.9 Å². The Hall–Kier alpha value is -2.11. The molecular weight excluding hydrogens is 275 g/mol. The molecule has 0 aliphatic rings. The van der Waals surface area contributed by atoms with Crippen molar-refractivity contribution in [3.8, 4) is 5.75 Å². The molecule has 0 saturated heterocycles. The van der Waals surface area contributed by atoms with E-state index in [2.05, 4.69) is 72.8 Å². The molecule has 0 heterocycles. The summed E-state index contributed by atoms with van der Waals surface area (Å²) in [7, 11) is 1.08. The van der Waals surface area contributed by atoms with Crippen LogP contribution < -0.4 is 20.7 Å². The van der Waals surface area contributed by atoms with Crippen LogP contribution in [-0.4, -0.2) is 7.11 Å². The molecule has 3 rings (SSSR count). The summed E-state index contributed by atoms with van der Waals surface area (Å²) in [5, 5.41) is 3.83. The second-order valence-corrected chi connectivity index (χ2v) is 6.80. The molecule has 0 N–H and O–H groups in total. The van der Waals surface area contributed by atoms with Gasteiger partial charge in [0.1, 0.15) is 5.75 Å². The fourth-order valence-electron chi connectivity index (χ4n) is 2.27. The van der Waals surface area contributed by atoms with Crippen LogP contribution in [0.3, 0.4) is 0 Å². The average Bonchev–Trinajstić information content (AvgIpc) is 2.57. The average molecular weight is 291 g/mol. The molecule has 1 nitrogen and oxygen atoms in total. The maximum absolute atomic E-state index is 5.33. The van der Waals surface area contributed by atoms with Crippen LogP contribution in [0.4, 0.5) is 0 Å². The molecular formula is C19H16OP. The van der Waals surface area contributed by atoms with E-state index < -0.39 is 7.92 Å². The number of rotatable bonds is 4. The monoisotopic (exact) mass is 291 g/mol. The molecule has 3 aromatic carbocycles. The van der Waals surface area contributed by atoms with Crippen LogP contribution in [0.1, 0.15) is 0 Å². The highest BCUT2D eigenvalue weighted by Crippen LogP contribution is 2.33. The topological polar surface area (TPSA) is 9.23 Å². The molecule has 0 unspecified atom stereocenters. The van der Waals surface area contributed by atoms with E-state index in [-0.39, 0.29) is 0 Å². The van der Waals surface area contributed by atoms with E-state index >= 15 is 0 Å². The Bertz CT molecular complexity index is 656. The highest BCUT2D eigenvalue weighted by molar-refractivity contribution is 7.79. The Balaban J connectivity index is 2.12. The highest BCUT2D eigenvalue weighted by atomic mass is 31.1. The predicted octanol–water partition coefficient (Wildman–Crippen LogP) is 3.25. The molecule has 21 heavy (non-hydrogen) atoms. The van der Waals surface area contributed by atoms with Crippen molar-refractivity contribution >= 4 is 23.8 Å². The van der Waals surface area contributed by atoms with Crippen molar-refractivity contribution in [2.24, 2.45) is 0 Å². The first-order valence-corrected chi connectivity index (χ1v) is 8.19. The third kappa shape index (κ3) is 3.15. The van der Waals surface area contributed by atoms with E-state index in [1.165, 1.54) is 15.9 Å². The lowest BCUT2D eigenvalue weighted by Gasteiger charge is -2.19. The van der Waals surface area contributed by atoms with Crippen LogP contribution in [0.5, 0.6) is 5.75 Å². The van der Waals surface area contributed by atoms with Gasteiger partial charge in [0, 0.05) is 6.07 Å². The first-order valence-electron chi connectivity index (χ1n) is 6.85. The summed E-state index contributed by atoms with van der Waals surface area (Å²) in [6.07, 6.45) is 0. The Labute approximate surface area is 127 Å². The summed E-state index contributed by atoms with van der Waals surface area (Å²) < 4.78 is 5.33. The van der Waals surface area contributed by atoms with E-state index in [0.717, 1.165) is 5.75 Å². The Morgan fingerprint density at radius 1 is 0.714 bits per heavy atom. The molecule has 0 amide bonds. The molecule has 103 valence electrons. The summed E-state index contributed by atoms with van der Waals surface area (Å²) >= 11 is 0. The van der Waals surface area contributed by atoms with Gasteiger partial charge >= 0.3 is 0 Å². The van der Waals surface area contributed by atoms with Crippen molar-refractivity contribution < 1.29 is 4.74 Å². The van der Waals surface area contributed by atoms with Gasteiger partial charge in [0.25, 0.3) is 0 Å². The Morgan fingerprint density at radius 3 is 1.81 bits per heavy atom. The quantitative estimate of drug-likeness (QED) is 0.670. The van der Waals surface area contributed by atoms with Gasteiger partial charge in [-0.25, -0.2) is 0 Å². The Kier molecular flexibility index (Phi) is 4.33. The molecule has 0 spiro atoms. The summed E-state index contributed by atoms with van der Waals surface area (Å²) in [6, 6.07) is 30.7. The van der Waals surface area contributed by atoms with Crippen molar-refractivity contribution in [1.29, 1.82) is 0 Å². The van der Waals surface area contributed by atoms with Gasteiger partial charge in [-0.2, -0.15) is 0 Å². The van der Waals surface area contributed by atoms with Gasteiger partial charge < -0.3 is 4.74 Å². The molecule has 0 atom stereocenters. The first kappa shape index (κ1) is 13.9. The number of hydrogen-bond acceptors (Lipinski definition) is 1. The number of methoxy groups -OCH3 is 1. The lowest BCUT2D eigenvalue weighted by Crippen LogP contribution is -2.20. The first-order chi connectivity index (χ1) is 10.4. The highest BCUT2D eigenvalue weighted by Gasteiger charge is 2.16. The van der Waals surface area contributed by atoms with Gasteiger partial charge in [-0.05, 0) is 29.9 Å². The van der Waals surface area contributed by atoms with E-state index in [0.29, 0.717) is 0 Å². The molecule has 2 heteroatoms. The van der Waals surface area contributed by atoms with Crippen LogP contribution in [0.25, 0.3) is 0 Å². The van der Waals surface area contributed by atoms with Crippen molar-refractivity contribution in [3.63, 3.8) is 0 Å². The van der Waals surface area contributed by atoms with Crippen LogP contribution in [0.2, 0.25) is 0 Å². The van der Waals surface area contributed by atoms with Crippen molar-refractivity contribution in [2.75, 3.05) is 7.11 Å². The lowest BCUT2D eigenvalue weighted by atomic mass is 10.3. The van der Waals surface area contributed by atoms with E-state index in [4.69, 9.17) is 4.74 Å². The van der Waals surface area contributed by atoms with Crippen molar-refractivity contribution in [1.82, 2.24) is 0 Å². The number of benzene rings is 3. The fourth-order valence-corrected chi connectivity index (χ4v) is 4.52. The van der Waals surface area contributed by atoms with Gasteiger partial charge in [0.2, 0.25) is 0 Å². The summed E-state index contributed by atoms with van der Waals surface area (Å²) in [6.45, 7) is 0. The van der Waals surface area contributed by atoms with Crippen LogP contribution in [0, 0.1) is 6.07 Å². The Morgan fingerprint density at radius 2 is 1.29 bits per heavy atom. The van der Waals surface area contributed by atoms with Gasteiger partial charge in [-0.15, -0.1) is 0 Å². The smallest absolute Gasteiger partial charge is 0.127 e. The molecule has 3 aromatic rings. The van der Waals surface area contributed by atoms with E-state index in [1.54, 1.807) is 7.11 Å². The largest absolute Gasteiger partial charge is 0.496 e. The minimum atomic E-state index is -0.603. The zero-order valence-electron chi connectivity index (χ0n) is 11.9. The zero-order valence-corrected chi connectivity index (χ0v) is 12.8. The molecule has 0 bridgehead atoms. The standard InChI is InChI=1S/C19H16OP/c1-20-16-9-8-14-19(15-16)21(17-10-4-2-5-11-17)18-12-6-3-7-13-18/h2-14H,1H3. The van der Waals surface area contributed by atoms with E-state index in [9.17, 15) is 0 Å². The molecule has 1 radical (unpaired) electrons. The second-order valence-electron chi connectivity index (χ2n) is 4.61. The molecule has 0 aliphatic carbocycles. The van der Waals surface area contributed by atoms with Gasteiger partial charge in [0.15, 0.2) is 0 Å². The summed E-state index contributed by atoms with van der Waals surface area (Å²) in [4.78, 5) is 0.